The second-order valence-electron chi connectivity index (χ2n) is 7.87. The average Bonchev–Trinajstić information content (AvgIpc) is 2.79. The molecule has 1 atom stereocenters. The van der Waals surface area contributed by atoms with Crippen molar-refractivity contribution in [3.05, 3.63) is 54.1 Å². The third kappa shape index (κ3) is 6.02. The van der Waals surface area contributed by atoms with E-state index in [1.807, 2.05) is 25.3 Å². The zero-order valence-electron chi connectivity index (χ0n) is 18.4. The van der Waals surface area contributed by atoms with E-state index in [4.69, 9.17) is 0 Å². The molecular formula is C23H31N3O3S2. The lowest BCUT2D eigenvalue weighted by atomic mass is 10.1. The van der Waals surface area contributed by atoms with E-state index < -0.39 is 10.0 Å². The summed E-state index contributed by atoms with van der Waals surface area (Å²) in [7, 11) is -2.29. The van der Waals surface area contributed by atoms with E-state index in [0.717, 1.165) is 27.9 Å². The molecule has 2 aromatic carbocycles. The third-order valence-electron chi connectivity index (χ3n) is 5.63. The molecule has 1 heterocycles. The van der Waals surface area contributed by atoms with E-state index in [1.165, 1.54) is 32.0 Å². The van der Waals surface area contributed by atoms with E-state index >= 15 is 0 Å². The summed E-state index contributed by atoms with van der Waals surface area (Å²) < 4.78 is 26.6. The maximum Gasteiger partial charge on any atom is 0.243 e. The lowest BCUT2D eigenvalue weighted by Gasteiger charge is -2.29. The molecule has 0 aliphatic carbocycles. The molecule has 1 unspecified atom stereocenters. The number of benzene rings is 2. The molecule has 1 amide bonds. The van der Waals surface area contributed by atoms with E-state index in [9.17, 15) is 13.2 Å². The van der Waals surface area contributed by atoms with Gasteiger partial charge in [0, 0.05) is 30.7 Å². The van der Waals surface area contributed by atoms with Crippen LogP contribution in [0.4, 0.5) is 5.69 Å². The first-order valence-electron chi connectivity index (χ1n) is 10.6. The molecule has 2 aromatic rings. The second-order valence-corrected chi connectivity index (χ2v) is 10.8. The summed E-state index contributed by atoms with van der Waals surface area (Å²) in [6.07, 6.45) is 5.69. The topological polar surface area (TPSA) is 69.7 Å². The van der Waals surface area contributed by atoms with Gasteiger partial charge in [-0.05, 0) is 74.4 Å². The van der Waals surface area contributed by atoms with Crippen molar-refractivity contribution in [3.8, 4) is 0 Å². The van der Waals surface area contributed by atoms with E-state index in [0.29, 0.717) is 0 Å². The first kappa shape index (κ1) is 23.6. The largest absolute Gasteiger partial charge is 0.372 e. The van der Waals surface area contributed by atoms with E-state index in [1.54, 1.807) is 36.0 Å². The summed E-state index contributed by atoms with van der Waals surface area (Å²) in [5, 5.41) is 2.91. The number of rotatable bonds is 8. The molecule has 1 aliphatic heterocycles. The van der Waals surface area contributed by atoms with Gasteiger partial charge in [-0.1, -0.05) is 12.1 Å². The van der Waals surface area contributed by atoms with Crippen molar-refractivity contribution in [3.63, 3.8) is 0 Å². The van der Waals surface area contributed by atoms with Gasteiger partial charge in [0.05, 0.1) is 17.5 Å². The Balaban J connectivity index is 1.57. The van der Waals surface area contributed by atoms with E-state index in [2.05, 4.69) is 22.3 Å². The summed E-state index contributed by atoms with van der Waals surface area (Å²) in [5.41, 5.74) is 2.20. The minimum absolute atomic E-state index is 0.182. The summed E-state index contributed by atoms with van der Waals surface area (Å²) in [5.74, 6) is -0.334. The first-order valence-corrected chi connectivity index (χ1v) is 13.2. The van der Waals surface area contributed by atoms with Gasteiger partial charge in [0.25, 0.3) is 0 Å². The molecule has 3 rings (SSSR count). The highest BCUT2D eigenvalue weighted by Crippen LogP contribution is 2.23. The molecule has 1 fully saturated rings. The Morgan fingerprint density at radius 3 is 2.26 bits per heavy atom. The van der Waals surface area contributed by atoms with Crippen molar-refractivity contribution in [2.24, 2.45) is 0 Å². The van der Waals surface area contributed by atoms with Crippen LogP contribution in [0.15, 0.2) is 58.3 Å². The van der Waals surface area contributed by atoms with Gasteiger partial charge in [0.15, 0.2) is 0 Å². The predicted molar refractivity (Wildman–Crippen MR) is 127 cm³/mol. The number of anilines is 1. The molecule has 1 aliphatic rings. The van der Waals surface area contributed by atoms with Crippen molar-refractivity contribution in [1.82, 2.24) is 9.62 Å². The summed E-state index contributed by atoms with van der Waals surface area (Å²) >= 11 is 1.55. The van der Waals surface area contributed by atoms with E-state index in [-0.39, 0.29) is 23.4 Å². The molecule has 6 nitrogen and oxygen atoms in total. The fraction of sp³-hybridized carbons (Fsp3) is 0.435. The Hall–Kier alpha value is -2.03. The van der Waals surface area contributed by atoms with Gasteiger partial charge in [0.2, 0.25) is 15.9 Å². The maximum absolute atomic E-state index is 12.7. The van der Waals surface area contributed by atoms with Crippen LogP contribution in [0.1, 0.15) is 37.8 Å². The van der Waals surface area contributed by atoms with Gasteiger partial charge < -0.3 is 10.2 Å². The minimum Gasteiger partial charge on any atom is -0.372 e. The van der Waals surface area contributed by atoms with Gasteiger partial charge in [-0.25, -0.2) is 8.42 Å². The van der Waals surface area contributed by atoms with Gasteiger partial charge in [0.1, 0.15) is 0 Å². The minimum atomic E-state index is -3.72. The van der Waals surface area contributed by atoms with Crippen LogP contribution in [0, 0.1) is 0 Å². The third-order valence-corrected chi connectivity index (χ3v) is 8.19. The summed E-state index contributed by atoms with van der Waals surface area (Å²) in [6.45, 7) is 3.85. The van der Waals surface area contributed by atoms with Crippen LogP contribution >= 0.6 is 11.8 Å². The maximum atomic E-state index is 12.7. The summed E-state index contributed by atoms with van der Waals surface area (Å²) in [4.78, 5) is 16.1. The molecule has 0 radical (unpaired) electrons. The Labute approximate surface area is 190 Å². The number of nitrogens with zero attached hydrogens (tertiary/aromatic N) is 2. The Kier molecular flexibility index (Phi) is 8.02. The Bertz CT molecular complexity index is 970. The van der Waals surface area contributed by atoms with Crippen LogP contribution in [0.3, 0.4) is 0 Å². The average molecular weight is 462 g/mol. The molecule has 8 heteroatoms. The quantitative estimate of drug-likeness (QED) is 0.604. The number of thioether (sulfide) groups is 1. The smallest absolute Gasteiger partial charge is 0.243 e. The SMILES string of the molecule is CSc1ccc(S(=O)(=O)N(C)CC(=O)NC(C)c2ccc(N3CCCCC3)cc2)cc1. The normalized spacial score (nSPS) is 15.7. The fourth-order valence-electron chi connectivity index (χ4n) is 3.71. The van der Waals surface area contributed by atoms with Crippen LogP contribution in [-0.2, 0) is 14.8 Å². The number of hydrogen-bond donors (Lipinski definition) is 1. The van der Waals surface area contributed by atoms with Crippen LogP contribution in [0.5, 0.6) is 0 Å². The zero-order valence-corrected chi connectivity index (χ0v) is 20.0. The molecule has 31 heavy (non-hydrogen) atoms. The molecule has 1 N–H and O–H groups in total. The van der Waals surface area contributed by atoms with Gasteiger partial charge in [-0.2, -0.15) is 4.31 Å². The highest BCUT2D eigenvalue weighted by Gasteiger charge is 2.23. The molecule has 0 saturated carbocycles. The zero-order chi connectivity index (χ0) is 22.4. The molecule has 0 bridgehead atoms. The van der Waals surface area contributed by atoms with Crippen molar-refractivity contribution in [2.45, 2.75) is 42.0 Å². The van der Waals surface area contributed by atoms with Crippen molar-refractivity contribution in [2.75, 3.05) is 37.8 Å². The van der Waals surface area contributed by atoms with Gasteiger partial charge >= 0.3 is 0 Å². The van der Waals surface area contributed by atoms with Crippen LogP contribution in [0.2, 0.25) is 0 Å². The number of carbonyl (C=O) groups excluding carboxylic acids is 1. The number of piperidine rings is 1. The van der Waals surface area contributed by atoms with Crippen molar-refractivity contribution in [1.29, 1.82) is 0 Å². The standard InChI is InChI=1S/C23H31N3O3S2/c1-18(19-7-9-20(10-8-19)26-15-5-4-6-16-26)24-23(27)17-25(2)31(28,29)22-13-11-21(30-3)12-14-22/h7-14,18H,4-6,15-17H2,1-3H3,(H,24,27). The highest BCUT2D eigenvalue weighted by molar-refractivity contribution is 7.98. The number of nitrogens with one attached hydrogen (secondary N) is 1. The van der Waals surface area contributed by atoms with Gasteiger partial charge in [-0.3, -0.25) is 4.79 Å². The van der Waals surface area contributed by atoms with Crippen molar-refractivity contribution >= 4 is 33.4 Å². The number of hydrogen-bond acceptors (Lipinski definition) is 5. The molecule has 0 spiro atoms. The number of amides is 1. The van der Waals surface area contributed by atoms with Gasteiger partial charge in [-0.15, -0.1) is 11.8 Å². The molecule has 0 aromatic heterocycles. The lowest BCUT2D eigenvalue weighted by Crippen LogP contribution is -2.39. The Morgan fingerprint density at radius 1 is 1.06 bits per heavy atom. The second kappa shape index (κ2) is 10.5. The van der Waals surface area contributed by atoms with Crippen LogP contribution in [0.25, 0.3) is 0 Å². The fourth-order valence-corrected chi connectivity index (χ4v) is 5.25. The van der Waals surface area contributed by atoms with Crippen molar-refractivity contribution < 1.29 is 13.2 Å². The molecule has 1 saturated heterocycles. The Morgan fingerprint density at radius 2 is 1.68 bits per heavy atom. The van der Waals surface area contributed by atoms with Crippen LogP contribution in [-0.4, -0.2) is 51.6 Å². The van der Waals surface area contributed by atoms with Crippen LogP contribution < -0.4 is 10.2 Å². The predicted octanol–water partition coefficient (Wildman–Crippen LogP) is 3.90. The molecule has 168 valence electrons. The highest BCUT2D eigenvalue weighted by atomic mass is 32.2. The number of sulfonamides is 1. The molecular weight excluding hydrogens is 430 g/mol. The lowest BCUT2D eigenvalue weighted by molar-refractivity contribution is -0.121. The summed E-state index contributed by atoms with van der Waals surface area (Å²) in [6, 6.07) is 14.7. The monoisotopic (exact) mass is 461 g/mol. The number of carbonyl (C=O) groups is 1. The number of likely N-dealkylation sites (N-methyl/N-ethyl adjacent to an activating group) is 1. The first-order chi connectivity index (χ1) is 14.8.